The standard InChI is InChI=1S/C37H48O3/c1-24-10-11-29-23-30(13-12-28(29)20-24)35(39)27(4)36(5,6)40-34-17-15-32(22-26(34)3)37(18-8-7-9-19-37)31-14-16-33(38)25(2)21-31/h14,16-17,20-23,27,32,38H,7-13,15,18-19H2,1-6H3. The van der Waals surface area contributed by atoms with E-state index in [1.807, 2.05) is 19.9 Å². The lowest BCUT2D eigenvalue weighted by Crippen LogP contribution is -2.40. The highest BCUT2D eigenvalue weighted by Gasteiger charge is 2.42. The molecule has 0 bridgehead atoms. The monoisotopic (exact) mass is 540 g/mol. The predicted octanol–water partition coefficient (Wildman–Crippen LogP) is 9.51. The third-order valence-electron chi connectivity index (χ3n) is 10.4. The second-order valence-electron chi connectivity index (χ2n) is 13.5. The highest BCUT2D eigenvalue weighted by molar-refractivity contribution is 5.98. The van der Waals surface area contributed by atoms with Gasteiger partial charge in [-0.1, -0.05) is 62.1 Å². The lowest BCUT2D eigenvalue weighted by Gasteiger charge is -2.45. The molecule has 1 N–H and O–H groups in total. The number of aryl methyl sites for hydroxylation is 1. The molecule has 1 aromatic rings. The molecule has 2 atom stereocenters. The molecule has 0 radical (unpaired) electrons. The van der Waals surface area contributed by atoms with Crippen LogP contribution in [0.25, 0.3) is 0 Å². The van der Waals surface area contributed by atoms with Gasteiger partial charge in [0.1, 0.15) is 17.1 Å². The highest BCUT2D eigenvalue weighted by Crippen LogP contribution is 2.50. The number of ketones is 1. The van der Waals surface area contributed by atoms with Crippen LogP contribution in [0.2, 0.25) is 0 Å². The van der Waals surface area contributed by atoms with Crippen molar-refractivity contribution in [2.24, 2.45) is 11.8 Å². The van der Waals surface area contributed by atoms with Crippen molar-refractivity contribution in [3.8, 4) is 5.75 Å². The van der Waals surface area contributed by atoms with Crippen LogP contribution in [0.1, 0.15) is 110 Å². The first-order valence-electron chi connectivity index (χ1n) is 15.5. The largest absolute Gasteiger partial charge is 0.508 e. The number of carbonyl (C=O) groups is 1. The Kier molecular flexibility index (Phi) is 8.06. The molecule has 4 aliphatic carbocycles. The molecule has 0 spiro atoms. The number of benzene rings is 1. The highest BCUT2D eigenvalue weighted by atomic mass is 16.5. The van der Waals surface area contributed by atoms with E-state index in [4.69, 9.17) is 4.74 Å². The lowest BCUT2D eigenvalue weighted by atomic mass is 9.60. The fourth-order valence-corrected chi connectivity index (χ4v) is 7.44. The summed E-state index contributed by atoms with van der Waals surface area (Å²) < 4.78 is 6.68. The van der Waals surface area contributed by atoms with Gasteiger partial charge in [-0.05, 0) is 131 Å². The van der Waals surface area contributed by atoms with Crippen molar-refractivity contribution in [2.45, 2.75) is 117 Å². The van der Waals surface area contributed by atoms with Crippen LogP contribution in [0.5, 0.6) is 5.75 Å². The Morgan fingerprint density at radius 1 is 1.00 bits per heavy atom. The number of phenolic OH excluding ortho intramolecular Hbond substituents is 1. The molecular formula is C37H48O3. The summed E-state index contributed by atoms with van der Waals surface area (Å²) in [6, 6.07) is 6.23. The molecule has 214 valence electrons. The number of Topliss-reactive ketones (excluding diaryl/α,β-unsaturated/α-hetero) is 1. The number of phenols is 1. The van der Waals surface area contributed by atoms with Gasteiger partial charge in [0.2, 0.25) is 0 Å². The molecule has 0 heterocycles. The number of allylic oxidation sites excluding steroid dienone is 9. The average molecular weight is 541 g/mol. The number of ether oxygens (including phenoxy) is 1. The van der Waals surface area contributed by atoms with E-state index in [-0.39, 0.29) is 17.1 Å². The third kappa shape index (κ3) is 5.54. The van der Waals surface area contributed by atoms with Crippen molar-refractivity contribution in [1.29, 1.82) is 0 Å². The molecule has 0 aliphatic heterocycles. The summed E-state index contributed by atoms with van der Waals surface area (Å²) in [5.74, 6) is 1.68. The van der Waals surface area contributed by atoms with Crippen LogP contribution in [0.4, 0.5) is 0 Å². The van der Waals surface area contributed by atoms with Crippen LogP contribution in [-0.2, 0) is 14.9 Å². The van der Waals surface area contributed by atoms with Crippen LogP contribution in [0.15, 0.2) is 76.1 Å². The fraction of sp³-hybridized carbons (Fsp3) is 0.541. The molecular weight excluding hydrogens is 492 g/mol. The summed E-state index contributed by atoms with van der Waals surface area (Å²) in [5, 5.41) is 10.2. The minimum absolute atomic E-state index is 0.0899. The van der Waals surface area contributed by atoms with Gasteiger partial charge in [0.05, 0.1) is 5.92 Å². The Morgan fingerprint density at radius 2 is 1.70 bits per heavy atom. The predicted molar refractivity (Wildman–Crippen MR) is 164 cm³/mol. The van der Waals surface area contributed by atoms with E-state index in [2.05, 4.69) is 64.1 Å². The third-order valence-corrected chi connectivity index (χ3v) is 10.4. The van der Waals surface area contributed by atoms with Gasteiger partial charge in [-0.2, -0.15) is 0 Å². The molecule has 0 amide bonds. The van der Waals surface area contributed by atoms with Crippen molar-refractivity contribution < 1.29 is 14.6 Å². The molecule has 0 saturated heterocycles. The Bertz CT molecular complexity index is 1320. The Labute approximate surface area is 241 Å². The van der Waals surface area contributed by atoms with Gasteiger partial charge in [0, 0.05) is 5.41 Å². The second-order valence-corrected chi connectivity index (χ2v) is 13.5. The summed E-state index contributed by atoms with van der Waals surface area (Å²) in [4.78, 5) is 13.7. The topological polar surface area (TPSA) is 46.5 Å². The first-order valence-corrected chi connectivity index (χ1v) is 15.5. The molecule has 1 fully saturated rings. The van der Waals surface area contributed by atoms with E-state index in [0.717, 1.165) is 49.0 Å². The summed E-state index contributed by atoms with van der Waals surface area (Å²) >= 11 is 0. The average Bonchev–Trinajstić information content (AvgIpc) is 2.94. The van der Waals surface area contributed by atoms with Gasteiger partial charge in [-0.15, -0.1) is 0 Å². The number of aromatic hydroxyl groups is 1. The van der Waals surface area contributed by atoms with Gasteiger partial charge >= 0.3 is 0 Å². The van der Waals surface area contributed by atoms with Crippen LogP contribution < -0.4 is 0 Å². The molecule has 2 unspecified atom stereocenters. The quantitative estimate of drug-likeness (QED) is 0.374. The fourth-order valence-electron chi connectivity index (χ4n) is 7.44. The minimum Gasteiger partial charge on any atom is -0.508 e. The van der Waals surface area contributed by atoms with Gasteiger partial charge < -0.3 is 9.84 Å². The SMILES string of the molecule is CC1=CC2=C(C=C(C(=O)C(C)C(C)(C)OC3=CCC(C4(c5ccc(O)c(C)c5)CCCCC4)C=C3C)CC2)CC1. The Balaban J connectivity index is 1.32. The molecule has 0 aromatic heterocycles. The summed E-state index contributed by atoms with van der Waals surface area (Å²) in [5.41, 5.74) is 8.14. The van der Waals surface area contributed by atoms with Gasteiger partial charge in [0.25, 0.3) is 0 Å². The zero-order valence-electron chi connectivity index (χ0n) is 25.5. The van der Waals surface area contributed by atoms with Crippen molar-refractivity contribution in [3.05, 3.63) is 87.3 Å². The number of hydrogen-bond donors (Lipinski definition) is 1. The first kappa shape index (κ1) is 28.7. The molecule has 1 aromatic carbocycles. The Hall–Kier alpha value is -2.81. The van der Waals surface area contributed by atoms with E-state index >= 15 is 0 Å². The zero-order chi connectivity index (χ0) is 28.7. The van der Waals surface area contributed by atoms with Crippen molar-refractivity contribution >= 4 is 5.78 Å². The maximum absolute atomic E-state index is 13.7. The van der Waals surface area contributed by atoms with E-state index in [1.165, 1.54) is 60.0 Å². The van der Waals surface area contributed by atoms with Crippen molar-refractivity contribution in [2.75, 3.05) is 0 Å². The summed E-state index contributed by atoms with van der Waals surface area (Å²) in [6.45, 7) is 12.5. The van der Waals surface area contributed by atoms with Crippen molar-refractivity contribution in [1.82, 2.24) is 0 Å². The number of rotatable bonds is 7. The summed E-state index contributed by atoms with van der Waals surface area (Å²) in [6.07, 6.45) is 20.2. The lowest BCUT2D eigenvalue weighted by molar-refractivity contribution is -0.126. The molecule has 5 rings (SSSR count). The minimum atomic E-state index is -0.611. The normalized spacial score (nSPS) is 23.8. The van der Waals surface area contributed by atoms with Gasteiger partial charge in [-0.25, -0.2) is 0 Å². The smallest absolute Gasteiger partial charge is 0.165 e. The molecule has 3 nitrogen and oxygen atoms in total. The number of hydrogen-bond acceptors (Lipinski definition) is 3. The van der Waals surface area contributed by atoms with Crippen molar-refractivity contribution in [3.63, 3.8) is 0 Å². The maximum Gasteiger partial charge on any atom is 0.165 e. The van der Waals surface area contributed by atoms with Crippen LogP contribution in [0, 0.1) is 18.8 Å². The van der Waals surface area contributed by atoms with Gasteiger partial charge in [-0.3, -0.25) is 4.79 Å². The Morgan fingerprint density at radius 3 is 2.40 bits per heavy atom. The van der Waals surface area contributed by atoms with E-state index in [1.54, 1.807) is 0 Å². The maximum atomic E-state index is 13.7. The summed E-state index contributed by atoms with van der Waals surface area (Å²) in [7, 11) is 0. The molecule has 1 saturated carbocycles. The van der Waals surface area contributed by atoms with Crippen LogP contribution >= 0.6 is 0 Å². The molecule has 4 aliphatic rings. The van der Waals surface area contributed by atoms with Gasteiger partial charge in [0.15, 0.2) is 5.78 Å². The second kappa shape index (κ2) is 11.2. The van der Waals surface area contributed by atoms with E-state index in [9.17, 15) is 9.90 Å². The van der Waals surface area contributed by atoms with E-state index < -0.39 is 5.60 Å². The van der Waals surface area contributed by atoms with Crippen LogP contribution in [0.3, 0.4) is 0 Å². The molecule has 40 heavy (non-hydrogen) atoms. The molecule has 3 heteroatoms. The zero-order valence-corrected chi connectivity index (χ0v) is 25.5. The number of carbonyl (C=O) groups excluding carboxylic acids is 1. The van der Waals surface area contributed by atoms with E-state index in [0.29, 0.717) is 11.7 Å². The van der Waals surface area contributed by atoms with Crippen LogP contribution in [-0.4, -0.2) is 16.5 Å². The first-order chi connectivity index (χ1) is 19.0.